The quantitative estimate of drug-likeness (QED) is 0.438. The Bertz CT molecular complexity index is 678. The van der Waals surface area contributed by atoms with E-state index >= 15 is 0 Å². The molecular weight excluding hydrogens is 404 g/mol. The molecule has 10 nitrogen and oxygen atoms in total. The molecular formula is C21H36N4O6. The molecule has 176 valence electrons. The molecule has 0 aliphatic carbocycles. The molecule has 0 aliphatic rings. The van der Waals surface area contributed by atoms with Crippen molar-refractivity contribution >= 4 is 23.9 Å². The molecule has 0 saturated heterocycles. The molecule has 0 rings (SSSR count). The van der Waals surface area contributed by atoms with Crippen LogP contribution < -0.4 is 16.0 Å². The first-order valence-electron chi connectivity index (χ1n) is 10.3. The summed E-state index contributed by atoms with van der Waals surface area (Å²) in [6.45, 7) is 12.5. The topological polar surface area (TPSA) is 147 Å². The van der Waals surface area contributed by atoms with Crippen LogP contribution in [0.15, 0.2) is 0 Å². The monoisotopic (exact) mass is 440 g/mol. The summed E-state index contributed by atoms with van der Waals surface area (Å²) in [5, 5.41) is 16.6. The van der Waals surface area contributed by atoms with Gasteiger partial charge in [0.2, 0.25) is 5.91 Å². The van der Waals surface area contributed by atoms with E-state index in [4.69, 9.17) is 4.74 Å². The Balaban J connectivity index is 5.29. The second kappa shape index (κ2) is 12.8. The second-order valence-corrected chi connectivity index (χ2v) is 9.11. The summed E-state index contributed by atoms with van der Waals surface area (Å²) in [4.78, 5) is 49.2. The van der Waals surface area contributed by atoms with Crippen molar-refractivity contribution < 1.29 is 28.7 Å². The number of carbonyl (C=O) groups excluding carboxylic acids is 4. The fraction of sp³-hybridized carbons (Fsp3) is 0.762. The Hall–Kier alpha value is -2.83. The summed E-state index contributed by atoms with van der Waals surface area (Å²) in [6, 6.07) is -1.80. The van der Waals surface area contributed by atoms with E-state index in [1.807, 2.05) is 27.7 Å². The zero-order valence-electron chi connectivity index (χ0n) is 19.7. The third-order valence-corrected chi connectivity index (χ3v) is 3.90. The minimum absolute atomic E-state index is 0.0368. The van der Waals surface area contributed by atoms with Crippen molar-refractivity contribution in [1.82, 2.24) is 16.0 Å². The summed E-state index contributed by atoms with van der Waals surface area (Å²) in [7, 11) is 1.20. The number of amides is 3. The molecule has 3 N–H and O–H groups in total. The van der Waals surface area contributed by atoms with Crippen molar-refractivity contribution in [3.63, 3.8) is 0 Å². The van der Waals surface area contributed by atoms with Gasteiger partial charge in [-0.2, -0.15) is 5.26 Å². The lowest BCUT2D eigenvalue weighted by molar-refractivity contribution is -0.145. The first kappa shape index (κ1) is 28.2. The number of nitriles is 1. The van der Waals surface area contributed by atoms with E-state index in [-0.39, 0.29) is 18.3 Å². The molecule has 0 aromatic rings. The highest BCUT2D eigenvalue weighted by Crippen LogP contribution is 2.10. The summed E-state index contributed by atoms with van der Waals surface area (Å²) in [5.74, 6) is -2.08. The van der Waals surface area contributed by atoms with Gasteiger partial charge in [0.15, 0.2) is 6.04 Å². The SMILES string of the molecule is COC(=O)[C@H](CC(C)C)NC(=O)C(C#N)NC(=O)[C@H](CC(C)C)NC(=O)OC(C)(C)C. The number of nitrogens with zero attached hydrogens (tertiary/aromatic N) is 1. The van der Waals surface area contributed by atoms with E-state index in [9.17, 15) is 24.4 Å². The number of ether oxygens (including phenoxy) is 2. The molecule has 3 amide bonds. The molecule has 1 unspecified atom stereocenters. The molecule has 3 atom stereocenters. The van der Waals surface area contributed by atoms with Crippen molar-refractivity contribution in [3.05, 3.63) is 0 Å². The van der Waals surface area contributed by atoms with Crippen LogP contribution in [0.4, 0.5) is 4.79 Å². The van der Waals surface area contributed by atoms with Crippen LogP contribution in [0.2, 0.25) is 0 Å². The average molecular weight is 441 g/mol. The maximum Gasteiger partial charge on any atom is 0.408 e. The van der Waals surface area contributed by atoms with Crippen LogP contribution in [0.1, 0.15) is 61.3 Å². The Labute approximate surface area is 184 Å². The number of carbonyl (C=O) groups is 4. The molecule has 0 radical (unpaired) electrons. The normalized spacial score (nSPS) is 14.1. The minimum atomic E-state index is -1.55. The molecule has 0 bridgehead atoms. The highest BCUT2D eigenvalue weighted by Gasteiger charge is 2.31. The zero-order chi connectivity index (χ0) is 24.4. The molecule has 0 heterocycles. The molecule has 10 heteroatoms. The Kier molecular flexibility index (Phi) is 11.6. The van der Waals surface area contributed by atoms with Gasteiger partial charge in [-0.1, -0.05) is 27.7 Å². The first-order valence-corrected chi connectivity index (χ1v) is 10.3. The highest BCUT2D eigenvalue weighted by molar-refractivity contribution is 5.94. The number of hydrogen-bond donors (Lipinski definition) is 3. The molecule has 0 saturated carbocycles. The summed E-state index contributed by atoms with van der Waals surface area (Å²) >= 11 is 0. The number of alkyl carbamates (subject to hydrolysis) is 1. The van der Waals surface area contributed by atoms with Crippen LogP contribution in [-0.4, -0.2) is 54.7 Å². The lowest BCUT2D eigenvalue weighted by atomic mass is 10.0. The predicted octanol–water partition coefficient (Wildman–Crippen LogP) is 1.64. The summed E-state index contributed by atoms with van der Waals surface area (Å²) in [5.41, 5.74) is -0.753. The number of methoxy groups -OCH3 is 1. The molecule has 0 aromatic carbocycles. The van der Waals surface area contributed by atoms with Crippen molar-refractivity contribution in [2.24, 2.45) is 11.8 Å². The van der Waals surface area contributed by atoms with Gasteiger partial charge < -0.3 is 25.4 Å². The van der Waals surface area contributed by atoms with Gasteiger partial charge in [-0.25, -0.2) is 9.59 Å². The van der Waals surface area contributed by atoms with Gasteiger partial charge >= 0.3 is 12.1 Å². The van der Waals surface area contributed by atoms with Gasteiger partial charge in [-0.3, -0.25) is 9.59 Å². The van der Waals surface area contributed by atoms with Crippen LogP contribution in [-0.2, 0) is 23.9 Å². The van der Waals surface area contributed by atoms with Gasteiger partial charge in [-0.15, -0.1) is 0 Å². The number of nitrogens with one attached hydrogen (secondary N) is 3. The number of rotatable bonds is 10. The average Bonchev–Trinajstić information content (AvgIpc) is 2.61. The third kappa shape index (κ3) is 11.8. The molecule has 0 aliphatic heterocycles. The van der Waals surface area contributed by atoms with Crippen LogP contribution in [0.25, 0.3) is 0 Å². The Morgan fingerprint density at radius 1 is 0.871 bits per heavy atom. The molecule has 0 aromatic heterocycles. The summed E-state index contributed by atoms with van der Waals surface area (Å²) in [6.07, 6.45) is -0.210. The smallest absolute Gasteiger partial charge is 0.408 e. The number of esters is 1. The van der Waals surface area contributed by atoms with Crippen molar-refractivity contribution in [1.29, 1.82) is 5.26 Å². The lowest BCUT2D eigenvalue weighted by Crippen LogP contribution is -2.56. The van der Waals surface area contributed by atoms with Gasteiger partial charge in [0.1, 0.15) is 17.7 Å². The van der Waals surface area contributed by atoms with Crippen LogP contribution in [0.5, 0.6) is 0 Å². The standard InChI is InChI=1S/C21H36N4O6/c1-12(2)9-14(25-20(29)31-21(5,6)7)17(26)24-16(11-22)18(27)23-15(10-13(3)4)19(28)30-8/h12-16H,9-10H2,1-8H3,(H,23,27)(H,24,26)(H,25,29)/t14-,15-,16?/m0/s1. The van der Waals surface area contributed by atoms with Gasteiger partial charge in [-0.05, 0) is 45.4 Å². The predicted molar refractivity (Wildman–Crippen MR) is 114 cm³/mol. The third-order valence-electron chi connectivity index (χ3n) is 3.90. The first-order chi connectivity index (χ1) is 14.2. The highest BCUT2D eigenvalue weighted by atomic mass is 16.6. The zero-order valence-corrected chi connectivity index (χ0v) is 19.7. The summed E-state index contributed by atoms with van der Waals surface area (Å²) < 4.78 is 9.87. The largest absolute Gasteiger partial charge is 0.467 e. The van der Waals surface area contributed by atoms with Crippen LogP contribution >= 0.6 is 0 Å². The van der Waals surface area contributed by atoms with E-state index < -0.39 is 47.6 Å². The van der Waals surface area contributed by atoms with E-state index in [0.29, 0.717) is 6.42 Å². The van der Waals surface area contributed by atoms with Gasteiger partial charge in [0.25, 0.3) is 5.91 Å². The minimum Gasteiger partial charge on any atom is -0.467 e. The fourth-order valence-electron chi connectivity index (χ4n) is 2.63. The van der Waals surface area contributed by atoms with Crippen molar-refractivity contribution in [2.45, 2.75) is 85.0 Å². The lowest BCUT2D eigenvalue weighted by Gasteiger charge is -2.25. The van der Waals surface area contributed by atoms with E-state index in [1.165, 1.54) is 7.11 Å². The van der Waals surface area contributed by atoms with E-state index in [1.54, 1.807) is 26.8 Å². The van der Waals surface area contributed by atoms with Gasteiger partial charge in [0, 0.05) is 0 Å². The Morgan fingerprint density at radius 3 is 1.81 bits per heavy atom. The van der Waals surface area contributed by atoms with Crippen molar-refractivity contribution in [2.75, 3.05) is 7.11 Å². The second-order valence-electron chi connectivity index (χ2n) is 9.11. The number of hydrogen-bond acceptors (Lipinski definition) is 7. The molecule has 0 spiro atoms. The van der Waals surface area contributed by atoms with E-state index in [2.05, 4.69) is 20.7 Å². The van der Waals surface area contributed by atoms with Crippen molar-refractivity contribution in [3.8, 4) is 6.07 Å². The van der Waals surface area contributed by atoms with Crippen LogP contribution in [0.3, 0.4) is 0 Å². The maximum atomic E-state index is 12.7. The molecule has 0 fully saturated rings. The fourth-order valence-corrected chi connectivity index (χ4v) is 2.63. The Morgan fingerprint density at radius 2 is 1.39 bits per heavy atom. The van der Waals surface area contributed by atoms with Crippen LogP contribution in [0, 0.1) is 23.2 Å². The molecule has 31 heavy (non-hydrogen) atoms. The maximum absolute atomic E-state index is 12.7. The van der Waals surface area contributed by atoms with Gasteiger partial charge in [0.05, 0.1) is 13.2 Å². The van der Waals surface area contributed by atoms with E-state index in [0.717, 1.165) is 0 Å².